The van der Waals surface area contributed by atoms with Crippen molar-refractivity contribution in [3.8, 4) is 11.5 Å². The van der Waals surface area contributed by atoms with Crippen molar-refractivity contribution in [1.82, 2.24) is 4.90 Å². The molecule has 2 aromatic carbocycles. The fourth-order valence-electron chi connectivity index (χ4n) is 2.81. The van der Waals surface area contributed by atoms with E-state index >= 15 is 0 Å². The summed E-state index contributed by atoms with van der Waals surface area (Å²) in [7, 11) is 0. The number of para-hydroxylation sites is 1. The van der Waals surface area contributed by atoms with E-state index in [0.717, 1.165) is 16.7 Å². The van der Waals surface area contributed by atoms with Gasteiger partial charge in [0.2, 0.25) is 5.91 Å². The second kappa shape index (κ2) is 9.98. The minimum atomic E-state index is -0.500. The summed E-state index contributed by atoms with van der Waals surface area (Å²) < 4.78 is 11.1. The third-order valence-corrected chi connectivity index (χ3v) is 5.01. The number of rotatable bonds is 8. The molecule has 0 aromatic heterocycles. The number of ether oxygens (including phenoxy) is 2. The first-order valence-electron chi connectivity index (χ1n) is 9.51. The van der Waals surface area contributed by atoms with Crippen molar-refractivity contribution < 1.29 is 23.9 Å². The number of carbonyl (C=O) groups is 3. The van der Waals surface area contributed by atoms with E-state index in [4.69, 9.17) is 9.47 Å². The highest BCUT2D eigenvalue weighted by molar-refractivity contribution is 8.18. The minimum absolute atomic E-state index is 0.249. The molecule has 30 heavy (non-hydrogen) atoms. The number of carbonyl (C=O) groups excluding carboxylic acids is 3. The van der Waals surface area contributed by atoms with Gasteiger partial charge in [-0.25, -0.2) is 0 Å². The number of imide groups is 1. The molecule has 1 heterocycles. The van der Waals surface area contributed by atoms with Crippen LogP contribution in [-0.4, -0.2) is 41.7 Å². The Balaban J connectivity index is 1.73. The zero-order valence-corrected chi connectivity index (χ0v) is 17.5. The van der Waals surface area contributed by atoms with Crippen LogP contribution < -0.4 is 14.8 Å². The van der Waals surface area contributed by atoms with Gasteiger partial charge in [-0.1, -0.05) is 24.3 Å². The third kappa shape index (κ3) is 5.21. The summed E-state index contributed by atoms with van der Waals surface area (Å²) in [5, 5.41) is 2.19. The topological polar surface area (TPSA) is 84.9 Å². The van der Waals surface area contributed by atoms with Gasteiger partial charge in [-0.2, -0.15) is 0 Å². The maximum Gasteiger partial charge on any atom is 0.294 e. The molecule has 7 nitrogen and oxygen atoms in total. The Morgan fingerprint density at radius 3 is 2.43 bits per heavy atom. The van der Waals surface area contributed by atoms with Crippen LogP contribution in [0.15, 0.2) is 53.4 Å². The number of nitrogens with zero attached hydrogens (tertiary/aromatic N) is 1. The van der Waals surface area contributed by atoms with Crippen LogP contribution in [0.25, 0.3) is 6.08 Å². The lowest BCUT2D eigenvalue weighted by Crippen LogP contribution is -2.36. The monoisotopic (exact) mass is 426 g/mol. The van der Waals surface area contributed by atoms with E-state index in [1.165, 1.54) is 0 Å². The molecule has 1 aliphatic heterocycles. The predicted molar refractivity (Wildman–Crippen MR) is 117 cm³/mol. The zero-order valence-electron chi connectivity index (χ0n) is 16.7. The van der Waals surface area contributed by atoms with Gasteiger partial charge in [0.15, 0.2) is 11.5 Å². The van der Waals surface area contributed by atoms with Crippen LogP contribution in [0.1, 0.15) is 19.4 Å². The van der Waals surface area contributed by atoms with Gasteiger partial charge < -0.3 is 14.8 Å². The second-order valence-corrected chi connectivity index (χ2v) is 7.25. The van der Waals surface area contributed by atoms with Crippen LogP contribution in [-0.2, 0) is 9.59 Å². The fourth-order valence-corrected chi connectivity index (χ4v) is 3.65. The summed E-state index contributed by atoms with van der Waals surface area (Å²) in [5.41, 5.74) is 1.30. The highest BCUT2D eigenvalue weighted by Gasteiger charge is 2.36. The van der Waals surface area contributed by atoms with Crippen molar-refractivity contribution in [2.75, 3.05) is 25.1 Å². The van der Waals surface area contributed by atoms with Crippen LogP contribution in [0.3, 0.4) is 0 Å². The Morgan fingerprint density at radius 2 is 1.73 bits per heavy atom. The molecule has 0 saturated carbocycles. The predicted octanol–water partition coefficient (Wildman–Crippen LogP) is 4.16. The van der Waals surface area contributed by atoms with E-state index in [1.807, 2.05) is 19.9 Å². The Kier molecular flexibility index (Phi) is 7.13. The summed E-state index contributed by atoms with van der Waals surface area (Å²) >= 11 is 0.805. The standard InChI is InChI=1S/C22H22N2O5S/c1-3-28-17-11-10-15(12-18(17)29-4-2)13-19-21(26)24(22(27)30-19)14-20(25)23-16-8-6-5-7-9-16/h5-13H,3-4,14H2,1-2H3,(H,23,25)/b19-13+. The normalized spacial score (nSPS) is 14.9. The Bertz CT molecular complexity index is 975. The molecular weight excluding hydrogens is 404 g/mol. The maximum absolute atomic E-state index is 12.7. The van der Waals surface area contributed by atoms with E-state index in [2.05, 4.69) is 5.32 Å². The quantitative estimate of drug-likeness (QED) is 0.638. The highest BCUT2D eigenvalue weighted by atomic mass is 32.2. The van der Waals surface area contributed by atoms with Crippen molar-refractivity contribution in [2.45, 2.75) is 13.8 Å². The number of anilines is 1. The van der Waals surface area contributed by atoms with Gasteiger partial charge >= 0.3 is 0 Å². The van der Waals surface area contributed by atoms with Crippen LogP contribution >= 0.6 is 11.8 Å². The average molecular weight is 426 g/mol. The van der Waals surface area contributed by atoms with Crippen molar-refractivity contribution in [1.29, 1.82) is 0 Å². The zero-order chi connectivity index (χ0) is 21.5. The molecule has 0 radical (unpaired) electrons. The van der Waals surface area contributed by atoms with Crippen LogP contribution in [0, 0.1) is 0 Å². The minimum Gasteiger partial charge on any atom is -0.490 e. The largest absolute Gasteiger partial charge is 0.490 e. The molecule has 0 unspecified atom stereocenters. The fraction of sp³-hybridized carbons (Fsp3) is 0.227. The number of amides is 3. The maximum atomic E-state index is 12.7. The molecular formula is C22H22N2O5S. The SMILES string of the molecule is CCOc1ccc(/C=C2/SC(=O)N(CC(=O)Nc3ccccc3)C2=O)cc1OCC. The van der Waals surface area contributed by atoms with Crippen molar-refractivity contribution in [3.05, 3.63) is 59.0 Å². The van der Waals surface area contributed by atoms with Gasteiger partial charge in [0, 0.05) is 5.69 Å². The summed E-state index contributed by atoms with van der Waals surface area (Å²) in [4.78, 5) is 38.4. The van der Waals surface area contributed by atoms with E-state index < -0.39 is 17.1 Å². The first-order chi connectivity index (χ1) is 14.5. The van der Waals surface area contributed by atoms with Gasteiger partial charge in [0.25, 0.3) is 11.1 Å². The van der Waals surface area contributed by atoms with E-state index in [0.29, 0.717) is 36.0 Å². The van der Waals surface area contributed by atoms with Crippen LogP contribution in [0.4, 0.5) is 10.5 Å². The van der Waals surface area contributed by atoms with Gasteiger partial charge in [0.05, 0.1) is 18.1 Å². The smallest absolute Gasteiger partial charge is 0.294 e. The molecule has 8 heteroatoms. The molecule has 1 saturated heterocycles. The number of hydrogen-bond donors (Lipinski definition) is 1. The van der Waals surface area contributed by atoms with Gasteiger partial charge in [-0.15, -0.1) is 0 Å². The molecule has 156 valence electrons. The number of nitrogens with one attached hydrogen (secondary N) is 1. The van der Waals surface area contributed by atoms with Crippen LogP contribution in [0.2, 0.25) is 0 Å². The number of hydrogen-bond acceptors (Lipinski definition) is 6. The molecule has 0 spiro atoms. The van der Waals surface area contributed by atoms with Crippen molar-refractivity contribution in [2.24, 2.45) is 0 Å². The van der Waals surface area contributed by atoms with Crippen molar-refractivity contribution in [3.63, 3.8) is 0 Å². The lowest BCUT2D eigenvalue weighted by atomic mass is 10.2. The summed E-state index contributed by atoms with van der Waals surface area (Å²) in [5.74, 6) is 0.237. The molecule has 0 bridgehead atoms. The first kappa shape index (κ1) is 21.4. The van der Waals surface area contributed by atoms with Gasteiger partial charge in [-0.05, 0) is 61.5 Å². The molecule has 3 rings (SSSR count). The first-order valence-corrected chi connectivity index (χ1v) is 10.3. The Morgan fingerprint density at radius 1 is 1.03 bits per heavy atom. The van der Waals surface area contributed by atoms with Gasteiger partial charge in [0.1, 0.15) is 6.54 Å². The molecule has 3 amide bonds. The highest BCUT2D eigenvalue weighted by Crippen LogP contribution is 2.34. The van der Waals surface area contributed by atoms with E-state index in [1.54, 1.807) is 48.5 Å². The molecule has 1 aliphatic rings. The van der Waals surface area contributed by atoms with E-state index in [-0.39, 0.29) is 11.4 Å². The number of benzene rings is 2. The number of thioether (sulfide) groups is 1. The third-order valence-electron chi connectivity index (χ3n) is 4.10. The summed E-state index contributed by atoms with van der Waals surface area (Å²) in [6, 6.07) is 14.2. The average Bonchev–Trinajstić information content (AvgIpc) is 2.98. The van der Waals surface area contributed by atoms with Gasteiger partial charge in [-0.3, -0.25) is 19.3 Å². The second-order valence-electron chi connectivity index (χ2n) is 6.25. The summed E-state index contributed by atoms with van der Waals surface area (Å²) in [6.45, 7) is 4.38. The summed E-state index contributed by atoms with van der Waals surface area (Å²) in [6.07, 6.45) is 1.61. The molecule has 1 N–H and O–H groups in total. The molecule has 0 atom stereocenters. The molecule has 0 aliphatic carbocycles. The lowest BCUT2D eigenvalue weighted by molar-refractivity contribution is -0.127. The Labute approximate surface area is 179 Å². The molecule has 1 fully saturated rings. The Hall–Kier alpha value is -3.26. The van der Waals surface area contributed by atoms with E-state index in [9.17, 15) is 14.4 Å². The lowest BCUT2D eigenvalue weighted by Gasteiger charge is -2.12. The van der Waals surface area contributed by atoms with Crippen molar-refractivity contribution >= 4 is 40.6 Å². The molecule has 2 aromatic rings. The van der Waals surface area contributed by atoms with Crippen LogP contribution in [0.5, 0.6) is 11.5 Å².